The van der Waals surface area contributed by atoms with Gasteiger partial charge < -0.3 is 15.5 Å². The summed E-state index contributed by atoms with van der Waals surface area (Å²) in [4.78, 5) is 26.1. The number of nitrogens with one attached hydrogen (secondary N) is 2. The molecule has 2 aliphatic rings. The van der Waals surface area contributed by atoms with Gasteiger partial charge in [-0.2, -0.15) is 0 Å². The highest BCUT2D eigenvalue weighted by Gasteiger charge is 2.22. The van der Waals surface area contributed by atoms with Crippen LogP contribution in [-0.2, 0) is 9.59 Å². The first-order chi connectivity index (χ1) is 10.7. The number of nitrogens with zero attached hydrogens (tertiary/aromatic N) is 1. The fourth-order valence-corrected chi connectivity index (χ4v) is 3.15. The molecule has 0 radical (unpaired) electrons. The molecule has 1 unspecified atom stereocenters. The molecule has 118 valence electrons. The summed E-state index contributed by atoms with van der Waals surface area (Å²) >= 11 is 0. The number of anilines is 2. The van der Waals surface area contributed by atoms with E-state index in [1.54, 1.807) is 0 Å². The quantitative estimate of drug-likeness (QED) is 0.899. The molecule has 0 spiro atoms. The average molecular weight is 301 g/mol. The minimum Gasteiger partial charge on any atom is -0.326 e. The highest BCUT2D eigenvalue weighted by Crippen LogP contribution is 2.24. The van der Waals surface area contributed by atoms with Crippen molar-refractivity contribution >= 4 is 23.2 Å². The number of rotatable bonds is 3. The Morgan fingerprint density at radius 3 is 2.95 bits per heavy atom. The van der Waals surface area contributed by atoms with Gasteiger partial charge in [0.1, 0.15) is 0 Å². The molecule has 0 bridgehead atoms. The summed E-state index contributed by atoms with van der Waals surface area (Å²) in [6.07, 6.45) is 4.60. The van der Waals surface area contributed by atoms with Crippen LogP contribution < -0.4 is 15.5 Å². The molecular weight excluding hydrogens is 278 g/mol. The number of hydrogen-bond acceptors (Lipinski definition) is 3. The van der Waals surface area contributed by atoms with E-state index in [1.165, 1.54) is 0 Å². The first kappa shape index (κ1) is 15.0. The highest BCUT2D eigenvalue weighted by molar-refractivity contribution is 5.96. The molecule has 1 aromatic carbocycles. The molecule has 1 aromatic rings. The van der Waals surface area contributed by atoms with E-state index >= 15 is 0 Å². The van der Waals surface area contributed by atoms with E-state index in [0.717, 1.165) is 56.7 Å². The van der Waals surface area contributed by atoms with Crippen molar-refractivity contribution in [2.75, 3.05) is 29.9 Å². The Labute approximate surface area is 131 Å². The smallest absolute Gasteiger partial charge is 0.228 e. The lowest BCUT2D eigenvalue weighted by molar-refractivity contribution is -0.120. The van der Waals surface area contributed by atoms with Crippen LogP contribution in [0.25, 0.3) is 0 Å². The molecule has 0 aromatic heterocycles. The van der Waals surface area contributed by atoms with E-state index in [0.29, 0.717) is 6.42 Å². The topological polar surface area (TPSA) is 61.4 Å². The van der Waals surface area contributed by atoms with Crippen molar-refractivity contribution in [1.82, 2.24) is 5.32 Å². The molecule has 1 atom stereocenters. The summed E-state index contributed by atoms with van der Waals surface area (Å²) in [5, 5.41) is 6.25. The van der Waals surface area contributed by atoms with E-state index in [4.69, 9.17) is 0 Å². The molecule has 0 aliphatic carbocycles. The molecule has 2 amide bonds. The van der Waals surface area contributed by atoms with E-state index in [9.17, 15) is 9.59 Å². The molecule has 22 heavy (non-hydrogen) atoms. The minimum absolute atomic E-state index is 0.0361. The van der Waals surface area contributed by atoms with Crippen molar-refractivity contribution in [3.8, 4) is 0 Å². The summed E-state index contributed by atoms with van der Waals surface area (Å²) in [6, 6.07) is 7.61. The van der Waals surface area contributed by atoms with Gasteiger partial charge in [0.2, 0.25) is 11.8 Å². The Morgan fingerprint density at radius 2 is 2.18 bits per heavy atom. The molecule has 2 fully saturated rings. The summed E-state index contributed by atoms with van der Waals surface area (Å²) in [5.41, 5.74) is 1.65. The molecule has 5 nitrogen and oxygen atoms in total. The lowest BCUT2D eigenvalue weighted by Crippen LogP contribution is -2.37. The Morgan fingerprint density at radius 1 is 1.27 bits per heavy atom. The van der Waals surface area contributed by atoms with Crippen molar-refractivity contribution in [3.63, 3.8) is 0 Å². The van der Waals surface area contributed by atoms with Gasteiger partial charge in [-0.1, -0.05) is 6.07 Å². The van der Waals surface area contributed by atoms with Crippen LogP contribution in [0.1, 0.15) is 32.1 Å². The number of amides is 2. The van der Waals surface area contributed by atoms with Crippen LogP contribution >= 0.6 is 0 Å². The summed E-state index contributed by atoms with van der Waals surface area (Å²) < 4.78 is 0. The summed E-state index contributed by atoms with van der Waals surface area (Å²) in [6.45, 7) is 2.51. The summed E-state index contributed by atoms with van der Waals surface area (Å²) in [5.74, 6) is 0.273. The van der Waals surface area contributed by atoms with Gasteiger partial charge >= 0.3 is 0 Å². The van der Waals surface area contributed by atoms with Crippen LogP contribution in [0, 0.1) is 5.92 Å². The fraction of sp³-hybridized carbons (Fsp3) is 0.529. The van der Waals surface area contributed by atoms with E-state index in [1.807, 2.05) is 29.2 Å². The normalized spacial score (nSPS) is 22.5. The molecule has 0 saturated carbocycles. The fourth-order valence-electron chi connectivity index (χ4n) is 3.15. The second-order valence-electron chi connectivity index (χ2n) is 6.09. The Balaban J connectivity index is 1.68. The van der Waals surface area contributed by atoms with Crippen molar-refractivity contribution in [2.24, 2.45) is 5.92 Å². The zero-order chi connectivity index (χ0) is 15.4. The maximum absolute atomic E-state index is 12.3. The molecular formula is C17H23N3O2. The highest BCUT2D eigenvalue weighted by atomic mass is 16.2. The van der Waals surface area contributed by atoms with Crippen molar-refractivity contribution in [2.45, 2.75) is 32.1 Å². The Bertz CT molecular complexity index is 553. The Hall–Kier alpha value is -1.88. The number of carbonyl (C=O) groups excluding carboxylic acids is 2. The van der Waals surface area contributed by atoms with E-state index in [2.05, 4.69) is 10.6 Å². The van der Waals surface area contributed by atoms with Crippen molar-refractivity contribution in [1.29, 1.82) is 0 Å². The lowest BCUT2D eigenvalue weighted by Gasteiger charge is -2.27. The van der Waals surface area contributed by atoms with E-state index < -0.39 is 0 Å². The van der Waals surface area contributed by atoms with Crippen LogP contribution in [0.3, 0.4) is 0 Å². The van der Waals surface area contributed by atoms with Crippen LogP contribution in [-0.4, -0.2) is 31.4 Å². The Kier molecular flexibility index (Phi) is 4.73. The van der Waals surface area contributed by atoms with Crippen LogP contribution in [0.5, 0.6) is 0 Å². The predicted molar refractivity (Wildman–Crippen MR) is 86.9 cm³/mol. The zero-order valence-electron chi connectivity index (χ0n) is 12.8. The standard InChI is InChI=1S/C17H23N3O2/c21-16-8-1-2-10-20(16)15-7-3-6-14(11-15)19-17(22)13-5-4-9-18-12-13/h3,6-7,11,13,18H,1-2,4-5,8-10,12H2,(H,19,22). The monoisotopic (exact) mass is 301 g/mol. The SMILES string of the molecule is O=C(Nc1cccc(N2CCCCC2=O)c1)C1CCCNC1. The third kappa shape index (κ3) is 3.47. The molecule has 5 heteroatoms. The molecule has 3 rings (SSSR count). The lowest BCUT2D eigenvalue weighted by atomic mass is 9.99. The van der Waals surface area contributed by atoms with Gasteiger partial charge in [0.25, 0.3) is 0 Å². The second-order valence-corrected chi connectivity index (χ2v) is 6.09. The third-order valence-electron chi connectivity index (χ3n) is 4.42. The van der Waals surface area contributed by atoms with Gasteiger partial charge in [-0.05, 0) is 50.4 Å². The largest absolute Gasteiger partial charge is 0.326 e. The van der Waals surface area contributed by atoms with Gasteiger partial charge in [-0.15, -0.1) is 0 Å². The third-order valence-corrected chi connectivity index (χ3v) is 4.42. The molecule has 2 heterocycles. The molecule has 2 N–H and O–H groups in total. The number of piperidine rings is 2. The van der Waals surface area contributed by atoms with Crippen molar-refractivity contribution in [3.05, 3.63) is 24.3 Å². The maximum Gasteiger partial charge on any atom is 0.228 e. The van der Waals surface area contributed by atoms with Gasteiger partial charge in [0.15, 0.2) is 0 Å². The van der Waals surface area contributed by atoms with Crippen molar-refractivity contribution < 1.29 is 9.59 Å². The number of hydrogen-bond donors (Lipinski definition) is 2. The van der Waals surface area contributed by atoms with Crippen LogP contribution in [0.2, 0.25) is 0 Å². The van der Waals surface area contributed by atoms with Gasteiger partial charge in [-0.25, -0.2) is 0 Å². The van der Waals surface area contributed by atoms with E-state index in [-0.39, 0.29) is 17.7 Å². The maximum atomic E-state index is 12.3. The minimum atomic E-state index is 0.0361. The molecule has 2 aliphatic heterocycles. The van der Waals surface area contributed by atoms with Gasteiger partial charge in [-0.3, -0.25) is 9.59 Å². The van der Waals surface area contributed by atoms with Gasteiger partial charge in [0.05, 0.1) is 5.92 Å². The molecule has 2 saturated heterocycles. The predicted octanol–water partition coefficient (Wildman–Crippen LogP) is 2.14. The summed E-state index contributed by atoms with van der Waals surface area (Å²) in [7, 11) is 0. The number of carbonyl (C=O) groups is 2. The van der Waals surface area contributed by atoms with Crippen LogP contribution in [0.15, 0.2) is 24.3 Å². The second kappa shape index (κ2) is 6.92. The van der Waals surface area contributed by atoms with Gasteiger partial charge in [0, 0.05) is 30.9 Å². The first-order valence-electron chi connectivity index (χ1n) is 8.16. The zero-order valence-corrected chi connectivity index (χ0v) is 12.8. The first-order valence-corrected chi connectivity index (χ1v) is 8.16. The average Bonchev–Trinajstić information content (AvgIpc) is 2.56. The number of benzene rings is 1. The van der Waals surface area contributed by atoms with Crippen LogP contribution in [0.4, 0.5) is 11.4 Å².